The van der Waals surface area contributed by atoms with Crippen molar-refractivity contribution in [3.63, 3.8) is 0 Å². The Balaban J connectivity index is 1.93. The summed E-state index contributed by atoms with van der Waals surface area (Å²) in [7, 11) is 0. The fraction of sp³-hybridized carbons (Fsp3) is 0.300. The molecule has 1 aromatic carbocycles. The molecule has 0 radical (unpaired) electrons. The van der Waals surface area contributed by atoms with E-state index in [1.54, 1.807) is 44.4 Å². The Kier molecular flexibility index (Phi) is 5.44. The highest BCUT2D eigenvalue weighted by Crippen LogP contribution is 2.40. The third kappa shape index (κ3) is 4.03. The zero-order valence-electron chi connectivity index (χ0n) is 15.5. The molecule has 142 valence electrons. The van der Waals surface area contributed by atoms with Crippen LogP contribution in [0.25, 0.3) is 0 Å². The van der Waals surface area contributed by atoms with E-state index in [1.807, 2.05) is 18.3 Å². The molecule has 3 rings (SSSR count). The lowest BCUT2D eigenvalue weighted by molar-refractivity contribution is -0.0611. The van der Waals surface area contributed by atoms with Crippen molar-refractivity contribution in [3.05, 3.63) is 59.4 Å². The molecule has 8 nitrogen and oxygen atoms in total. The molecule has 0 saturated carbocycles. The van der Waals surface area contributed by atoms with Crippen molar-refractivity contribution in [3.8, 4) is 18.0 Å². The highest BCUT2D eigenvalue weighted by molar-refractivity contribution is 5.82. The smallest absolute Gasteiger partial charge is 0.205 e. The second kappa shape index (κ2) is 7.95. The normalized spacial score (nSPS) is 20.1. The van der Waals surface area contributed by atoms with Crippen LogP contribution in [0.1, 0.15) is 36.6 Å². The van der Waals surface area contributed by atoms with Crippen LogP contribution in [0.2, 0.25) is 0 Å². The Labute approximate surface area is 163 Å². The van der Waals surface area contributed by atoms with Gasteiger partial charge in [-0.25, -0.2) is 4.99 Å². The van der Waals surface area contributed by atoms with E-state index in [0.717, 1.165) is 5.56 Å². The zero-order chi connectivity index (χ0) is 20.1. The molecule has 2 unspecified atom stereocenters. The van der Waals surface area contributed by atoms with E-state index in [1.165, 1.54) is 0 Å². The van der Waals surface area contributed by atoms with Crippen molar-refractivity contribution >= 4 is 5.96 Å². The lowest BCUT2D eigenvalue weighted by Crippen LogP contribution is -2.54. The lowest BCUT2D eigenvalue weighted by atomic mass is 9.86. The molecule has 3 N–H and O–H groups in total. The highest BCUT2D eigenvalue weighted by atomic mass is 16.5. The van der Waals surface area contributed by atoms with Crippen LogP contribution in [0.15, 0.2) is 47.7 Å². The van der Waals surface area contributed by atoms with E-state index in [4.69, 9.17) is 10.00 Å². The van der Waals surface area contributed by atoms with Crippen molar-refractivity contribution in [2.24, 2.45) is 4.99 Å². The predicted octanol–water partition coefficient (Wildman–Crippen LogP) is 1.74. The van der Waals surface area contributed by atoms with Gasteiger partial charge in [0.2, 0.25) is 5.96 Å². The van der Waals surface area contributed by atoms with Gasteiger partial charge in [-0.15, -0.1) is 0 Å². The molecule has 2 aromatic rings. The Bertz CT molecular complexity index is 959. The number of ether oxygens (including phenoxy) is 1. The number of hydrogen-bond donors (Lipinski definition) is 3. The van der Waals surface area contributed by atoms with Gasteiger partial charge >= 0.3 is 0 Å². The quantitative estimate of drug-likeness (QED) is 0.322. The van der Waals surface area contributed by atoms with Crippen LogP contribution >= 0.6 is 0 Å². The minimum absolute atomic E-state index is 0.217. The second-order valence-electron chi connectivity index (χ2n) is 6.89. The summed E-state index contributed by atoms with van der Waals surface area (Å²) in [4.78, 5) is 8.37. The molecule has 0 fully saturated rings. The summed E-state index contributed by atoms with van der Waals surface area (Å²) in [5.41, 5.74) is 1.13. The van der Waals surface area contributed by atoms with E-state index in [2.05, 4.69) is 26.7 Å². The van der Waals surface area contributed by atoms with E-state index < -0.39 is 17.7 Å². The van der Waals surface area contributed by atoms with Crippen LogP contribution in [0.5, 0.6) is 5.75 Å². The van der Waals surface area contributed by atoms with Crippen LogP contribution in [0.3, 0.4) is 0 Å². The van der Waals surface area contributed by atoms with E-state index in [9.17, 15) is 10.4 Å². The maximum atomic E-state index is 10.9. The summed E-state index contributed by atoms with van der Waals surface area (Å²) in [6.45, 7) is 3.88. The van der Waals surface area contributed by atoms with Gasteiger partial charge in [0.05, 0.1) is 24.2 Å². The average Bonchev–Trinajstić information content (AvgIpc) is 2.70. The molecular weight excluding hydrogens is 356 g/mol. The summed E-state index contributed by atoms with van der Waals surface area (Å²) in [6.07, 6.45) is 4.24. The van der Waals surface area contributed by atoms with E-state index in [0.29, 0.717) is 23.4 Å². The van der Waals surface area contributed by atoms with Gasteiger partial charge in [-0.2, -0.15) is 10.5 Å². The number of hydrogen-bond acceptors (Lipinski definition) is 6. The second-order valence-corrected chi connectivity index (χ2v) is 6.89. The molecule has 0 bridgehead atoms. The van der Waals surface area contributed by atoms with Crippen molar-refractivity contribution < 1.29 is 9.84 Å². The number of benzene rings is 1. The Hall–Kier alpha value is -3.62. The number of aliphatic imine (C=N–C) groups is 1. The number of guanidine groups is 1. The molecule has 28 heavy (non-hydrogen) atoms. The average molecular weight is 376 g/mol. The molecule has 2 heterocycles. The predicted molar refractivity (Wildman–Crippen MR) is 102 cm³/mol. The van der Waals surface area contributed by atoms with Crippen molar-refractivity contribution in [1.29, 1.82) is 10.5 Å². The van der Waals surface area contributed by atoms with Gasteiger partial charge in [0.1, 0.15) is 17.5 Å². The molecule has 8 heteroatoms. The van der Waals surface area contributed by atoms with Crippen molar-refractivity contribution in [2.45, 2.75) is 38.1 Å². The number of aliphatic hydroxyl groups is 1. The van der Waals surface area contributed by atoms with Crippen molar-refractivity contribution in [2.75, 3.05) is 0 Å². The summed E-state index contributed by atoms with van der Waals surface area (Å²) in [5.74, 6) is 0.784. The van der Waals surface area contributed by atoms with Crippen LogP contribution in [-0.4, -0.2) is 27.8 Å². The van der Waals surface area contributed by atoms with Crippen LogP contribution in [0, 0.1) is 22.8 Å². The first-order chi connectivity index (χ1) is 13.4. The van der Waals surface area contributed by atoms with Crippen LogP contribution in [0.4, 0.5) is 0 Å². The number of aliphatic hydroxyl groups excluding tert-OH is 1. The Morgan fingerprint density at radius 2 is 2.04 bits per heavy atom. The summed E-state index contributed by atoms with van der Waals surface area (Å²) >= 11 is 0. The van der Waals surface area contributed by atoms with Gasteiger partial charge in [0, 0.05) is 18.0 Å². The van der Waals surface area contributed by atoms with E-state index in [-0.39, 0.29) is 5.96 Å². The number of aromatic nitrogens is 1. The molecule has 1 aliphatic heterocycles. The Morgan fingerprint density at radius 1 is 1.29 bits per heavy atom. The standard InChI is InChI=1S/C20H20N6O2/c1-20(2)18(27)17(15-9-14(10-21)3-4-16(15)28-20)26-19(25-12-22)24-11-13-5-7-23-8-6-13/h3-9,17-18,27H,11H2,1-2H3,(H2,24,25,26). The SMILES string of the molecule is CC1(C)Oc2ccc(C#N)cc2C(NC(=NCc2ccncc2)NC#N)C1O. The van der Waals surface area contributed by atoms with Crippen molar-refractivity contribution in [1.82, 2.24) is 15.6 Å². The number of pyridine rings is 1. The topological polar surface area (TPSA) is 126 Å². The fourth-order valence-electron chi connectivity index (χ4n) is 3.01. The lowest BCUT2D eigenvalue weighted by Gasteiger charge is -2.42. The highest BCUT2D eigenvalue weighted by Gasteiger charge is 2.43. The summed E-state index contributed by atoms with van der Waals surface area (Å²) < 4.78 is 5.90. The molecule has 1 aliphatic rings. The Morgan fingerprint density at radius 3 is 2.71 bits per heavy atom. The molecule has 0 aliphatic carbocycles. The molecule has 0 spiro atoms. The monoisotopic (exact) mass is 376 g/mol. The maximum absolute atomic E-state index is 10.9. The third-order valence-electron chi connectivity index (χ3n) is 4.51. The number of fused-ring (bicyclic) bond motifs is 1. The number of nitriles is 2. The van der Waals surface area contributed by atoms with Crippen LogP contribution in [-0.2, 0) is 6.54 Å². The van der Waals surface area contributed by atoms with Gasteiger partial charge in [-0.3, -0.25) is 10.3 Å². The third-order valence-corrected chi connectivity index (χ3v) is 4.51. The zero-order valence-corrected chi connectivity index (χ0v) is 15.5. The number of nitrogens with one attached hydrogen (secondary N) is 2. The number of rotatable bonds is 3. The van der Waals surface area contributed by atoms with Gasteiger partial charge in [0.15, 0.2) is 6.19 Å². The minimum Gasteiger partial charge on any atom is -0.485 e. The first-order valence-electron chi connectivity index (χ1n) is 8.70. The largest absolute Gasteiger partial charge is 0.485 e. The molecule has 0 saturated heterocycles. The summed E-state index contributed by atoms with van der Waals surface area (Å²) in [6, 6.07) is 10.2. The maximum Gasteiger partial charge on any atom is 0.205 e. The fourth-order valence-corrected chi connectivity index (χ4v) is 3.01. The number of nitrogens with zero attached hydrogens (tertiary/aromatic N) is 4. The molecular formula is C20H20N6O2. The molecule has 1 aromatic heterocycles. The van der Waals surface area contributed by atoms with Gasteiger partial charge in [-0.05, 0) is 49.7 Å². The van der Waals surface area contributed by atoms with Crippen LogP contribution < -0.4 is 15.4 Å². The first-order valence-corrected chi connectivity index (χ1v) is 8.70. The van der Waals surface area contributed by atoms with E-state index >= 15 is 0 Å². The summed E-state index contributed by atoms with van der Waals surface area (Å²) in [5, 5.41) is 34.8. The van der Waals surface area contributed by atoms with Gasteiger partial charge < -0.3 is 15.2 Å². The minimum atomic E-state index is -0.944. The van der Waals surface area contributed by atoms with Gasteiger partial charge in [0.25, 0.3) is 0 Å². The van der Waals surface area contributed by atoms with Gasteiger partial charge in [-0.1, -0.05) is 0 Å². The first kappa shape index (κ1) is 19.2. The molecule has 2 atom stereocenters. The molecule has 0 amide bonds.